The molecule has 1 aromatic heterocycles. The van der Waals surface area contributed by atoms with Crippen molar-refractivity contribution in [1.29, 1.82) is 0 Å². The van der Waals surface area contributed by atoms with Crippen LogP contribution in [0.1, 0.15) is 29.3 Å². The summed E-state index contributed by atoms with van der Waals surface area (Å²) in [5.74, 6) is -0.633. The average molecular weight is 547 g/mol. The van der Waals surface area contributed by atoms with Gasteiger partial charge >= 0.3 is 0 Å². The van der Waals surface area contributed by atoms with Gasteiger partial charge in [0.25, 0.3) is 11.7 Å². The molecule has 0 saturated carbocycles. The van der Waals surface area contributed by atoms with E-state index >= 15 is 0 Å². The van der Waals surface area contributed by atoms with Crippen molar-refractivity contribution in [2.45, 2.75) is 19.4 Å². The van der Waals surface area contributed by atoms with E-state index in [0.717, 1.165) is 25.3 Å². The minimum Gasteiger partial charge on any atom is -0.507 e. The van der Waals surface area contributed by atoms with Crippen LogP contribution in [-0.2, 0) is 14.3 Å². The molecule has 2 aliphatic rings. The van der Waals surface area contributed by atoms with Crippen molar-refractivity contribution in [3.8, 4) is 17.2 Å². The van der Waals surface area contributed by atoms with Gasteiger partial charge in [0, 0.05) is 37.8 Å². The lowest BCUT2D eigenvalue weighted by atomic mass is 9.94. The number of likely N-dealkylation sites (tertiary alicyclic amines) is 1. The Morgan fingerprint density at radius 2 is 1.80 bits per heavy atom. The first-order chi connectivity index (χ1) is 19.4. The summed E-state index contributed by atoms with van der Waals surface area (Å²) in [6, 6.07) is 13.9. The van der Waals surface area contributed by atoms with Crippen molar-refractivity contribution in [2.75, 3.05) is 53.6 Å². The molecule has 2 fully saturated rings. The van der Waals surface area contributed by atoms with Crippen molar-refractivity contribution in [1.82, 2.24) is 19.6 Å². The van der Waals surface area contributed by atoms with Gasteiger partial charge in [0.15, 0.2) is 0 Å². The summed E-state index contributed by atoms with van der Waals surface area (Å²) >= 11 is 0. The predicted molar refractivity (Wildman–Crippen MR) is 149 cm³/mol. The summed E-state index contributed by atoms with van der Waals surface area (Å²) in [5, 5.41) is 16.1. The number of methoxy groups -OCH3 is 2. The Morgan fingerprint density at radius 3 is 2.50 bits per heavy atom. The number of nitrogens with zero attached hydrogens (tertiary/aromatic N) is 4. The third-order valence-electron chi connectivity index (χ3n) is 7.52. The first kappa shape index (κ1) is 27.4. The normalized spacial score (nSPS) is 19.3. The van der Waals surface area contributed by atoms with Crippen LogP contribution in [0.5, 0.6) is 11.5 Å². The molecule has 10 nitrogen and oxygen atoms in total. The highest BCUT2D eigenvalue weighted by atomic mass is 16.5. The maximum absolute atomic E-state index is 13.6. The van der Waals surface area contributed by atoms with Gasteiger partial charge in [-0.25, -0.2) is 4.68 Å². The summed E-state index contributed by atoms with van der Waals surface area (Å²) in [5.41, 5.74) is 2.44. The fourth-order valence-corrected chi connectivity index (χ4v) is 5.38. The van der Waals surface area contributed by atoms with Crippen molar-refractivity contribution in [3.63, 3.8) is 0 Å². The monoisotopic (exact) mass is 546 g/mol. The second-order valence-corrected chi connectivity index (χ2v) is 9.80. The molecule has 0 bridgehead atoms. The Labute approximate surface area is 233 Å². The fourth-order valence-electron chi connectivity index (χ4n) is 5.38. The molecular formula is C30H34N4O6. The molecule has 0 aliphatic carbocycles. The lowest BCUT2D eigenvalue weighted by Gasteiger charge is -2.29. The predicted octanol–water partition coefficient (Wildman–Crippen LogP) is 3.34. The number of amides is 1. The van der Waals surface area contributed by atoms with E-state index in [2.05, 4.69) is 10.00 Å². The molecule has 3 heterocycles. The third kappa shape index (κ3) is 5.20. The zero-order chi connectivity index (χ0) is 28.2. The Morgan fingerprint density at radius 1 is 1.05 bits per heavy atom. The molecule has 0 radical (unpaired) electrons. The van der Waals surface area contributed by atoms with E-state index in [9.17, 15) is 14.7 Å². The number of Topliss-reactive ketones (excluding diaryl/α,β-unsaturated/α-hetero) is 1. The van der Waals surface area contributed by atoms with Crippen LogP contribution in [0.3, 0.4) is 0 Å². The van der Waals surface area contributed by atoms with Crippen LogP contribution in [0.25, 0.3) is 11.4 Å². The molecule has 2 saturated heterocycles. The number of aromatic nitrogens is 2. The maximum Gasteiger partial charge on any atom is 0.295 e. The highest BCUT2D eigenvalue weighted by Crippen LogP contribution is 2.44. The first-order valence-corrected chi connectivity index (χ1v) is 13.4. The number of morpholine rings is 1. The van der Waals surface area contributed by atoms with Gasteiger partial charge in [0.1, 0.15) is 17.3 Å². The van der Waals surface area contributed by atoms with Crippen LogP contribution < -0.4 is 9.47 Å². The van der Waals surface area contributed by atoms with E-state index in [1.54, 1.807) is 30.0 Å². The SMILES string of the molecule is COc1ccc(C2C(=C(O)c3cnn(-c4ccccc4)c3C)C(=O)C(=O)N2CCCN2CCOCC2)c(OC)c1. The number of benzene rings is 2. The Bertz CT molecular complexity index is 1410. The summed E-state index contributed by atoms with van der Waals surface area (Å²) in [6.45, 7) is 5.95. The number of rotatable bonds is 9. The summed E-state index contributed by atoms with van der Waals surface area (Å²) in [4.78, 5) is 30.8. The largest absolute Gasteiger partial charge is 0.507 e. The number of aliphatic hydroxyl groups is 1. The van der Waals surface area contributed by atoms with E-state index in [-0.39, 0.29) is 11.3 Å². The molecule has 5 rings (SSSR count). The van der Waals surface area contributed by atoms with E-state index in [1.165, 1.54) is 18.2 Å². The molecule has 2 aromatic carbocycles. The average Bonchev–Trinajstić information content (AvgIpc) is 3.50. The lowest BCUT2D eigenvalue weighted by molar-refractivity contribution is -0.140. The molecule has 210 valence electrons. The van der Waals surface area contributed by atoms with Crippen LogP contribution in [0.15, 0.2) is 60.3 Å². The van der Waals surface area contributed by atoms with Crippen LogP contribution >= 0.6 is 0 Å². The molecule has 40 heavy (non-hydrogen) atoms. The highest BCUT2D eigenvalue weighted by Gasteiger charge is 2.47. The highest BCUT2D eigenvalue weighted by molar-refractivity contribution is 6.46. The quantitative estimate of drug-likeness (QED) is 0.248. The smallest absolute Gasteiger partial charge is 0.295 e. The molecule has 0 spiro atoms. The van der Waals surface area contributed by atoms with Gasteiger partial charge in [-0.15, -0.1) is 0 Å². The van der Waals surface area contributed by atoms with Gasteiger partial charge in [-0.05, 0) is 37.6 Å². The number of aliphatic hydroxyl groups excluding tert-OH is 1. The topological polar surface area (TPSA) is 106 Å². The van der Waals surface area contributed by atoms with E-state index in [0.29, 0.717) is 54.5 Å². The zero-order valence-electron chi connectivity index (χ0n) is 23.0. The van der Waals surface area contributed by atoms with E-state index < -0.39 is 17.7 Å². The molecule has 10 heteroatoms. The van der Waals surface area contributed by atoms with Crippen molar-refractivity contribution in [2.24, 2.45) is 0 Å². The molecule has 1 atom stereocenters. The number of para-hydroxylation sites is 1. The number of ketones is 1. The minimum atomic E-state index is -0.843. The number of ether oxygens (including phenoxy) is 3. The van der Waals surface area contributed by atoms with Crippen LogP contribution in [0, 0.1) is 6.92 Å². The summed E-state index contributed by atoms with van der Waals surface area (Å²) in [7, 11) is 3.08. The van der Waals surface area contributed by atoms with E-state index in [4.69, 9.17) is 14.2 Å². The van der Waals surface area contributed by atoms with Gasteiger partial charge in [0.05, 0.1) is 62.2 Å². The van der Waals surface area contributed by atoms with Crippen LogP contribution in [-0.4, -0.2) is 90.0 Å². The van der Waals surface area contributed by atoms with Crippen LogP contribution in [0.4, 0.5) is 0 Å². The first-order valence-electron chi connectivity index (χ1n) is 13.4. The van der Waals surface area contributed by atoms with E-state index in [1.807, 2.05) is 37.3 Å². The number of carbonyl (C=O) groups excluding carboxylic acids is 2. The van der Waals surface area contributed by atoms with Gasteiger partial charge in [0.2, 0.25) is 0 Å². The Kier molecular flexibility index (Phi) is 8.18. The zero-order valence-corrected chi connectivity index (χ0v) is 23.0. The van der Waals surface area contributed by atoms with Gasteiger partial charge in [-0.2, -0.15) is 5.10 Å². The van der Waals surface area contributed by atoms with Crippen molar-refractivity contribution < 1.29 is 28.9 Å². The van der Waals surface area contributed by atoms with Crippen molar-refractivity contribution in [3.05, 3.63) is 77.1 Å². The van der Waals surface area contributed by atoms with Gasteiger partial charge in [-0.1, -0.05) is 18.2 Å². The Balaban J connectivity index is 1.56. The number of hydrogen-bond donors (Lipinski definition) is 1. The standard InChI is InChI=1S/C30H34N4O6/c1-20-24(19-31-34(20)21-8-5-4-6-9-21)28(35)26-27(23-11-10-22(38-2)18-25(23)39-3)33(30(37)29(26)36)13-7-12-32-14-16-40-17-15-32/h4-6,8-11,18-19,27,35H,7,12-17H2,1-3H3. The second kappa shape index (κ2) is 11.9. The molecule has 1 N–H and O–H groups in total. The third-order valence-corrected chi connectivity index (χ3v) is 7.52. The molecular weight excluding hydrogens is 512 g/mol. The number of hydrogen-bond acceptors (Lipinski definition) is 8. The maximum atomic E-state index is 13.6. The molecule has 1 amide bonds. The number of carbonyl (C=O) groups is 2. The minimum absolute atomic E-state index is 0.00977. The van der Waals surface area contributed by atoms with Gasteiger partial charge in [-0.3, -0.25) is 14.5 Å². The summed E-state index contributed by atoms with van der Waals surface area (Å²) < 4.78 is 18.2. The van der Waals surface area contributed by atoms with Crippen molar-refractivity contribution >= 4 is 17.4 Å². The van der Waals surface area contributed by atoms with Gasteiger partial charge < -0.3 is 24.2 Å². The lowest BCUT2D eigenvalue weighted by Crippen LogP contribution is -2.39. The van der Waals surface area contributed by atoms with Crippen LogP contribution in [0.2, 0.25) is 0 Å². The molecule has 2 aliphatic heterocycles. The fraction of sp³-hybridized carbons (Fsp3) is 0.367. The summed E-state index contributed by atoms with van der Waals surface area (Å²) in [6.07, 6.45) is 2.18. The Hall–Kier alpha value is -4.15. The molecule has 1 unspecified atom stereocenters. The molecule has 3 aromatic rings. The second-order valence-electron chi connectivity index (χ2n) is 9.80.